The molecule has 2 aromatic rings. The topological polar surface area (TPSA) is 98.5 Å². The van der Waals surface area contributed by atoms with Gasteiger partial charge in [-0.15, -0.1) is 0 Å². The van der Waals surface area contributed by atoms with Crippen LogP contribution in [0.25, 0.3) is 0 Å². The van der Waals surface area contributed by atoms with E-state index in [0.717, 1.165) is 0 Å². The molecule has 0 saturated heterocycles. The highest BCUT2D eigenvalue weighted by Crippen LogP contribution is 2.27. The molecule has 0 atom stereocenters. The molecule has 0 spiro atoms. The molecule has 8 heteroatoms. The van der Waals surface area contributed by atoms with Crippen LogP contribution in [0.4, 0.5) is 5.69 Å². The second-order valence-electron chi connectivity index (χ2n) is 4.67. The number of hydrogen-bond donors (Lipinski definition) is 2. The molecule has 2 aromatic carbocycles. The number of carbonyl (C=O) groups excluding carboxylic acids is 3. The first-order valence-electron chi connectivity index (χ1n) is 6.69. The maximum atomic E-state index is 11.9. The van der Waals surface area contributed by atoms with Gasteiger partial charge in [0.05, 0.1) is 16.3 Å². The maximum absolute atomic E-state index is 11.9. The number of nitrogens with two attached hydrogens (primary N) is 1. The van der Waals surface area contributed by atoms with Crippen LogP contribution in [-0.4, -0.2) is 24.4 Å². The van der Waals surface area contributed by atoms with Crippen molar-refractivity contribution in [3.63, 3.8) is 0 Å². The van der Waals surface area contributed by atoms with E-state index in [1.165, 1.54) is 12.1 Å². The first kappa shape index (κ1) is 17.8. The van der Waals surface area contributed by atoms with Crippen molar-refractivity contribution in [1.82, 2.24) is 5.32 Å². The third-order valence-electron chi connectivity index (χ3n) is 2.94. The van der Waals surface area contributed by atoms with E-state index in [4.69, 9.17) is 33.7 Å². The number of anilines is 1. The van der Waals surface area contributed by atoms with Crippen molar-refractivity contribution in [1.29, 1.82) is 0 Å². The van der Waals surface area contributed by atoms with Gasteiger partial charge in [0, 0.05) is 10.6 Å². The van der Waals surface area contributed by atoms with Crippen molar-refractivity contribution in [2.24, 2.45) is 0 Å². The van der Waals surface area contributed by atoms with E-state index in [2.05, 4.69) is 5.32 Å². The first-order valence-corrected chi connectivity index (χ1v) is 7.45. The van der Waals surface area contributed by atoms with Gasteiger partial charge < -0.3 is 10.5 Å². The molecule has 0 aliphatic carbocycles. The molecule has 0 aromatic heterocycles. The van der Waals surface area contributed by atoms with E-state index in [-0.39, 0.29) is 21.3 Å². The van der Waals surface area contributed by atoms with Gasteiger partial charge in [-0.1, -0.05) is 41.4 Å². The Morgan fingerprint density at radius 3 is 2.42 bits per heavy atom. The molecule has 0 aliphatic rings. The smallest absolute Gasteiger partial charge is 0.340 e. The summed E-state index contributed by atoms with van der Waals surface area (Å²) in [5, 5.41) is 2.40. The van der Waals surface area contributed by atoms with Gasteiger partial charge in [-0.05, 0) is 24.3 Å². The second kappa shape index (κ2) is 7.81. The lowest BCUT2D eigenvalue weighted by Crippen LogP contribution is -2.34. The molecule has 24 heavy (non-hydrogen) atoms. The van der Waals surface area contributed by atoms with Gasteiger partial charge in [0.1, 0.15) is 0 Å². The van der Waals surface area contributed by atoms with Crippen LogP contribution in [-0.2, 0) is 9.53 Å². The summed E-state index contributed by atoms with van der Waals surface area (Å²) in [5.74, 6) is -2.25. The Balaban J connectivity index is 1.95. The summed E-state index contributed by atoms with van der Waals surface area (Å²) in [7, 11) is 0. The van der Waals surface area contributed by atoms with Crippen molar-refractivity contribution in [3.05, 3.63) is 63.6 Å². The predicted molar refractivity (Wildman–Crippen MR) is 90.1 cm³/mol. The molecule has 2 rings (SSSR count). The molecule has 0 fully saturated rings. The summed E-state index contributed by atoms with van der Waals surface area (Å²) in [5.41, 5.74) is 5.91. The monoisotopic (exact) mass is 366 g/mol. The normalized spacial score (nSPS) is 10.1. The van der Waals surface area contributed by atoms with Crippen LogP contribution in [0.5, 0.6) is 0 Å². The number of hydrogen-bond acceptors (Lipinski definition) is 5. The zero-order chi connectivity index (χ0) is 17.7. The zero-order valence-corrected chi connectivity index (χ0v) is 13.7. The minimum absolute atomic E-state index is 0.00756. The van der Waals surface area contributed by atoms with Gasteiger partial charge in [-0.2, -0.15) is 0 Å². The lowest BCUT2D eigenvalue weighted by atomic mass is 10.2. The largest absolute Gasteiger partial charge is 0.452 e. The Bertz CT molecular complexity index is 794. The van der Waals surface area contributed by atoms with Crippen LogP contribution in [0.15, 0.2) is 42.5 Å². The molecule has 0 aliphatic heterocycles. The van der Waals surface area contributed by atoms with Crippen LogP contribution in [0, 0.1) is 0 Å². The third-order valence-corrected chi connectivity index (χ3v) is 3.47. The minimum Gasteiger partial charge on any atom is -0.452 e. The molecular formula is C16H12Cl2N2O4. The van der Waals surface area contributed by atoms with E-state index in [1.807, 2.05) is 0 Å². The minimum atomic E-state index is -0.876. The zero-order valence-electron chi connectivity index (χ0n) is 12.2. The number of nitrogen functional groups attached to an aromatic ring is 1. The lowest BCUT2D eigenvalue weighted by Gasteiger charge is -2.09. The Labute approximate surface area is 147 Å². The summed E-state index contributed by atoms with van der Waals surface area (Å²) in [6.07, 6.45) is 0. The standard InChI is InChI=1S/C16H12Cl2N2O4/c17-10-6-11(14(19)12(18)7-10)16(23)24-8-13(21)20-15(22)9-4-2-1-3-5-9/h1-7H,8,19H2,(H,20,21,22). The summed E-state index contributed by atoms with van der Waals surface area (Å²) in [6, 6.07) is 10.8. The Morgan fingerprint density at radius 2 is 1.75 bits per heavy atom. The van der Waals surface area contributed by atoms with E-state index >= 15 is 0 Å². The fraction of sp³-hybridized carbons (Fsp3) is 0.0625. The highest BCUT2D eigenvalue weighted by molar-refractivity contribution is 6.37. The van der Waals surface area contributed by atoms with Crippen LogP contribution in [0.1, 0.15) is 20.7 Å². The average Bonchev–Trinajstić information content (AvgIpc) is 2.56. The fourth-order valence-corrected chi connectivity index (χ4v) is 2.28. The van der Waals surface area contributed by atoms with Crippen molar-refractivity contribution in [3.8, 4) is 0 Å². The van der Waals surface area contributed by atoms with Gasteiger partial charge in [-0.25, -0.2) is 4.79 Å². The summed E-state index contributed by atoms with van der Waals surface area (Å²) < 4.78 is 4.82. The van der Waals surface area contributed by atoms with Crippen LogP contribution in [0.3, 0.4) is 0 Å². The molecule has 0 unspecified atom stereocenters. The number of imide groups is 1. The second-order valence-corrected chi connectivity index (χ2v) is 5.51. The predicted octanol–water partition coefficient (Wildman–Crippen LogP) is 2.69. The Kier molecular flexibility index (Phi) is 5.78. The van der Waals surface area contributed by atoms with E-state index in [1.54, 1.807) is 30.3 Å². The Hall–Kier alpha value is -2.57. The van der Waals surface area contributed by atoms with Crippen LogP contribution >= 0.6 is 23.2 Å². The Morgan fingerprint density at radius 1 is 1.08 bits per heavy atom. The average molecular weight is 367 g/mol. The molecule has 3 N–H and O–H groups in total. The number of rotatable bonds is 4. The SMILES string of the molecule is Nc1c(Cl)cc(Cl)cc1C(=O)OCC(=O)NC(=O)c1ccccc1. The van der Waals surface area contributed by atoms with Crippen molar-refractivity contribution in [2.75, 3.05) is 12.3 Å². The fourth-order valence-electron chi connectivity index (χ4n) is 1.79. The highest BCUT2D eigenvalue weighted by Gasteiger charge is 2.17. The number of carbonyl (C=O) groups is 3. The van der Waals surface area contributed by atoms with Gasteiger partial charge in [-0.3, -0.25) is 14.9 Å². The summed E-state index contributed by atoms with van der Waals surface area (Å²) >= 11 is 11.6. The quantitative estimate of drug-likeness (QED) is 0.640. The first-order chi connectivity index (χ1) is 11.4. The number of nitrogens with one attached hydrogen (secondary N) is 1. The van der Waals surface area contributed by atoms with E-state index < -0.39 is 24.4 Å². The van der Waals surface area contributed by atoms with E-state index in [9.17, 15) is 14.4 Å². The number of ether oxygens (including phenoxy) is 1. The number of benzene rings is 2. The van der Waals surface area contributed by atoms with Gasteiger partial charge in [0.25, 0.3) is 11.8 Å². The molecule has 0 heterocycles. The summed E-state index contributed by atoms with van der Waals surface area (Å²) in [6.45, 7) is -0.652. The third kappa shape index (κ3) is 4.47. The molecule has 0 radical (unpaired) electrons. The van der Waals surface area contributed by atoms with Crippen molar-refractivity contribution in [2.45, 2.75) is 0 Å². The van der Waals surface area contributed by atoms with Gasteiger partial charge >= 0.3 is 5.97 Å². The maximum Gasteiger partial charge on any atom is 0.340 e. The molecule has 124 valence electrons. The summed E-state index contributed by atoms with van der Waals surface area (Å²) in [4.78, 5) is 35.4. The number of halogens is 2. The molecule has 6 nitrogen and oxygen atoms in total. The lowest BCUT2D eigenvalue weighted by molar-refractivity contribution is -0.123. The van der Waals surface area contributed by atoms with Crippen molar-refractivity contribution >= 4 is 46.7 Å². The number of esters is 1. The highest BCUT2D eigenvalue weighted by atomic mass is 35.5. The van der Waals surface area contributed by atoms with Crippen LogP contribution in [0.2, 0.25) is 10.0 Å². The van der Waals surface area contributed by atoms with E-state index in [0.29, 0.717) is 5.56 Å². The van der Waals surface area contributed by atoms with Crippen molar-refractivity contribution < 1.29 is 19.1 Å². The van der Waals surface area contributed by atoms with Gasteiger partial charge in [0.15, 0.2) is 6.61 Å². The van der Waals surface area contributed by atoms with Crippen LogP contribution < -0.4 is 11.1 Å². The molecular weight excluding hydrogens is 355 g/mol. The van der Waals surface area contributed by atoms with Gasteiger partial charge in [0.2, 0.25) is 0 Å². The molecule has 2 amide bonds. The molecule has 0 saturated carbocycles. The molecule has 0 bridgehead atoms. The number of amides is 2.